The van der Waals surface area contributed by atoms with Crippen LogP contribution in [-0.4, -0.2) is 69.1 Å². The molecule has 2 aromatic heterocycles. The zero-order valence-corrected chi connectivity index (χ0v) is 16.8. The summed E-state index contributed by atoms with van der Waals surface area (Å²) in [5.41, 5.74) is -0.566. The van der Waals surface area contributed by atoms with Gasteiger partial charge >= 0.3 is 6.18 Å². The smallest absolute Gasteiger partial charge is 0.390 e. The minimum absolute atomic E-state index is 0.0868. The summed E-state index contributed by atoms with van der Waals surface area (Å²) in [6.45, 7) is 1.02. The Kier molecular flexibility index (Phi) is 5.18. The van der Waals surface area contributed by atoms with Gasteiger partial charge in [0.2, 0.25) is 16.0 Å². The summed E-state index contributed by atoms with van der Waals surface area (Å²) < 4.78 is 80.1. The largest absolute Gasteiger partial charge is 0.396 e. The average Bonchev–Trinajstić information content (AvgIpc) is 3.47. The van der Waals surface area contributed by atoms with Crippen molar-refractivity contribution in [2.75, 3.05) is 18.4 Å². The molecule has 0 spiro atoms. The Morgan fingerprint density at radius 2 is 2.00 bits per heavy atom. The van der Waals surface area contributed by atoms with Crippen LogP contribution in [0, 0.1) is 5.82 Å². The van der Waals surface area contributed by atoms with E-state index in [-0.39, 0.29) is 41.9 Å². The standard InChI is InChI=1S/C17H21F4N5O3S/c1-9(17(19,20)21)13-6-11(18)14-7-22-16(24-26(13)14)23-12-4-5-25(8-15(12)27)30(28,29)10-2-3-10/h6-7,9-10,12,15,27H,2-5,8H2,1H3,(H,23,24)/t9?,12-,15-/m1/s1. The van der Waals surface area contributed by atoms with Crippen LogP contribution in [0.4, 0.5) is 23.5 Å². The number of hydrogen-bond donors (Lipinski definition) is 2. The number of sulfonamides is 1. The van der Waals surface area contributed by atoms with Gasteiger partial charge in [-0.05, 0) is 32.3 Å². The van der Waals surface area contributed by atoms with Gasteiger partial charge in [0.25, 0.3) is 0 Å². The van der Waals surface area contributed by atoms with E-state index in [0.717, 1.165) is 23.7 Å². The van der Waals surface area contributed by atoms with Crippen molar-refractivity contribution in [1.82, 2.24) is 18.9 Å². The first-order valence-electron chi connectivity index (χ1n) is 9.53. The Balaban J connectivity index is 1.53. The molecular formula is C17H21F4N5O3S. The molecule has 2 aromatic rings. The van der Waals surface area contributed by atoms with E-state index in [9.17, 15) is 31.1 Å². The maximum Gasteiger partial charge on any atom is 0.396 e. The second-order valence-electron chi connectivity index (χ2n) is 7.77. The highest BCUT2D eigenvalue weighted by Crippen LogP contribution is 2.36. The third kappa shape index (κ3) is 3.85. The normalized spacial score (nSPS) is 24.9. The van der Waals surface area contributed by atoms with E-state index < -0.39 is 40.1 Å². The van der Waals surface area contributed by atoms with Crippen LogP contribution in [0.1, 0.15) is 37.8 Å². The Bertz CT molecular complexity index is 1050. The molecule has 1 aliphatic heterocycles. The molecular weight excluding hydrogens is 430 g/mol. The van der Waals surface area contributed by atoms with Crippen molar-refractivity contribution in [3.8, 4) is 0 Å². The van der Waals surface area contributed by atoms with Gasteiger partial charge < -0.3 is 10.4 Å². The van der Waals surface area contributed by atoms with E-state index >= 15 is 0 Å². The molecule has 1 saturated heterocycles. The molecule has 8 nitrogen and oxygen atoms in total. The van der Waals surface area contributed by atoms with Crippen LogP contribution in [0.2, 0.25) is 0 Å². The van der Waals surface area contributed by atoms with Gasteiger partial charge in [-0.2, -0.15) is 17.5 Å². The summed E-state index contributed by atoms with van der Waals surface area (Å²) in [6, 6.07) is 0.180. The molecule has 30 heavy (non-hydrogen) atoms. The van der Waals surface area contributed by atoms with Crippen LogP contribution in [0.3, 0.4) is 0 Å². The summed E-state index contributed by atoms with van der Waals surface area (Å²) in [4.78, 5) is 3.93. The Hall–Kier alpha value is -1.99. The molecule has 2 fully saturated rings. The maximum atomic E-state index is 14.0. The lowest BCUT2D eigenvalue weighted by atomic mass is 10.0. The van der Waals surface area contributed by atoms with Crippen LogP contribution in [0.25, 0.3) is 5.52 Å². The highest BCUT2D eigenvalue weighted by molar-refractivity contribution is 7.90. The van der Waals surface area contributed by atoms with E-state index in [4.69, 9.17) is 0 Å². The van der Waals surface area contributed by atoms with Crippen LogP contribution in [-0.2, 0) is 10.0 Å². The second kappa shape index (κ2) is 7.31. The van der Waals surface area contributed by atoms with Gasteiger partial charge in [-0.15, -0.1) is 5.10 Å². The third-order valence-electron chi connectivity index (χ3n) is 5.60. The van der Waals surface area contributed by atoms with Gasteiger partial charge in [0, 0.05) is 13.1 Å². The van der Waals surface area contributed by atoms with Crippen molar-refractivity contribution in [3.63, 3.8) is 0 Å². The monoisotopic (exact) mass is 451 g/mol. The molecule has 1 unspecified atom stereocenters. The first kappa shape index (κ1) is 21.2. The number of aliphatic hydroxyl groups excluding tert-OH is 1. The molecule has 0 radical (unpaired) electrons. The van der Waals surface area contributed by atoms with Gasteiger partial charge in [-0.1, -0.05) is 0 Å². The van der Waals surface area contributed by atoms with Gasteiger partial charge in [0.1, 0.15) is 5.52 Å². The van der Waals surface area contributed by atoms with Crippen molar-refractivity contribution in [2.24, 2.45) is 0 Å². The van der Waals surface area contributed by atoms with Gasteiger partial charge in [0.15, 0.2) is 5.82 Å². The third-order valence-corrected chi connectivity index (χ3v) is 7.96. The van der Waals surface area contributed by atoms with Crippen LogP contribution >= 0.6 is 0 Å². The zero-order chi connectivity index (χ0) is 21.8. The highest BCUT2D eigenvalue weighted by atomic mass is 32.2. The SMILES string of the molecule is CC(c1cc(F)c2cnc(N[C@@H]3CCN(S(=O)(=O)C4CC4)C[C@H]3O)nn12)C(F)(F)F. The fourth-order valence-corrected chi connectivity index (χ4v) is 5.44. The van der Waals surface area contributed by atoms with E-state index in [0.29, 0.717) is 12.8 Å². The molecule has 0 amide bonds. The molecule has 3 heterocycles. The summed E-state index contributed by atoms with van der Waals surface area (Å²) in [5.74, 6) is -2.90. The Morgan fingerprint density at radius 3 is 2.60 bits per heavy atom. The molecule has 166 valence electrons. The summed E-state index contributed by atoms with van der Waals surface area (Å²) in [6.07, 6.45) is -3.05. The fourth-order valence-electron chi connectivity index (χ4n) is 3.56. The zero-order valence-electron chi connectivity index (χ0n) is 16.0. The molecule has 13 heteroatoms. The number of β-amino-alcohol motifs (C(OH)–C–C–N with tert-alkyl or cyclic N) is 1. The minimum Gasteiger partial charge on any atom is -0.390 e. The Labute approximate surface area is 169 Å². The van der Waals surface area contributed by atoms with E-state index in [1.165, 1.54) is 4.31 Å². The van der Waals surface area contributed by atoms with E-state index in [2.05, 4.69) is 15.4 Å². The van der Waals surface area contributed by atoms with Gasteiger partial charge in [-0.25, -0.2) is 22.3 Å². The van der Waals surface area contributed by atoms with Gasteiger partial charge in [-0.3, -0.25) is 0 Å². The number of rotatable bonds is 5. The first-order valence-corrected chi connectivity index (χ1v) is 11.0. The molecule has 0 aromatic carbocycles. The van der Waals surface area contributed by atoms with Crippen molar-refractivity contribution in [1.29, 1.82) is 0 Å². The lowest BCUT2D eigenvalue weighted by Gasteiger charge is -2.35. The summed E-state index contributed by atoms with van der Waals surface area (Å²) >= 11 is 0. The second-order valence-corrected chi connectivity index (χ2v) is 9.98. The summed E-state index contributed by atoms with van der Waals surface area (Å²) in [5, 5.41) is 16.8. The number of aromatic nitrogens is 3. The average molecular weight is 451 g/mol. The van der Waals surface area contributed by atoms with Crippen LogP contribution in [0.15, 0.2) is 12.3 Å². The van der Waals surface area contributed by atoms with Crippen LogP contribution < -0.4 is 5.32 Å². The number of halogens is 4. The van der Waals surface area contributed by atoms with Gasteiger partial charge in [0.05, 0.1) is 35.2 Å². The molecule has 4 rings (SSSR count). The molecule has 0 bridgehead atoms. The number of piperidine rings is 1. The van der Waals surface area contributed by atoms with Crippen molar-refractivity contribution >= 4 is 21.5 Å². The minimum atomic E-state index is -4.57. The maximum absolute atomic E-state index is 14.0. The van der Waals surface area contributed by atoms with E-state index in [1.807, 2.05) is 0 Å². The quantitative estimate of drug-likeness (QED) is 0.674. The number of nitrogens with zero attached hydrogens (tertiary/aromatic N) is 4. The number of aliphatic hydroxyl groups is 1. The predicted molar refractivity (Wildman–Crippen MR) is 99.0 cm³/mol. The van der Waals surface area contributed by atoms with Crippen molar-refractivity contribution in [2.45, 2.75) is 55.7 Å². The predicted octanol–water partition coefficient (Wildman–Crippen LogP) is 1.87. The summed E-state index contributed by atoms with van der Waals surface area (Å²) in [7, 11) is -3.41. The number of fused-ring (bicyclic) bond motifs is 1. The lowest BCUT2D eigenvalue weighted by Crippen LogP contribution is -2.52. The first-order chi connectivity index (χ1) is 14.0. The number of alkyl halides is 3. The molecule has 2 N–H and O–H groups in total. The van der Waals surface area contributed by atoms with Crippen molar-refractivity contribution in [3.05, 3.63) is 23.8 Å². The lowest BCUT2D eigenvalue weighted by molar-refractivity contribution is -0.147. The highest BCUT2D eigenvalue weighted by Gasteiger charge is 2.43. The van der Waals surface area contributed by atoms with Crippen LogP contribution in [0.5, 0.6) is 0 Å². The number of hydrogen-bond acceptors (Lipinski definition) is 6. The fraction of sp³-hybridized carbons (Fsp3) is 0.647. The number of anilines is 1. The Morgan fingerprint density at radius 1 is 1.30 bits per heavy atom. The van der Waals surface area contributed by atoms with Crippen molar-refractivity contribution < 1.29 is 31.1 Å². The molecule has 1 saturated carbocycles. The number of nitrogens with one attached hydrogen (secondary N) is 1. The molecule has 2 aliphatic rings. The molecule has 1 aliphatic carbocycles. The van der Waals surface area contributed by atoms with E-state index in [1.54, 1.807) is 0 Å². The topological polar surface area (TPSA) is 99.8 Å². The molecule has 3 atom stereocenters.